The summed E-state index contributed by atoms with van der Waals surface area (Å²) in [5.74, 6) is 1.82. The van der Waals surface area contributed by atoms with E-state index in [1.54, 1.807) is 0 Å². The van der Waals surface area contributed by atoms with Crippen molar-refractivity contribution in [1.29, 1.82) is 0 Å². The number of rotatable bonds is 5. The van der Waals surface area contributed by atoms with E-state index in [1.165, 1.54) is 66.4 Å². The van der Waals surface area contributed by atoms with Crippen molar-refractivity contribution in [2.75, 3.05) is 4.90 Å². The van der Waals surface area contributed by atoms with E-state index in [0.717, 1.165) is 28.6 Å². The summed E-state index contributed by atoms with van der Waals surface area (Å²) in [6, 6.07) is 76.7. The fourth-order valence-corrected chi connectivity index (χ4v) is 9.13. The summed E-state index contributed by atoms with van der Waals surface area (Å²) < 4.78 is 6.71. The van der Waals surface area contributed by atoms with Crippen molar-refractivity contribution in [3.63, 3.8) is 0 Å². The molecule has 1 atom stereocenters. The molecule has 0 saturated carbocycles. The molecule has 2 heteroatoms. The minimum Gasteiger partial charge on any atom is -0.457 e. The van der Waals surface area contributed by atoms with E-state index in [0.29, 0.717) is 0 Å². The number of nitrogens with zero attached hydrogens (tertiary/aromatic N) is 1. The first-order valence-electron chi connectivity index (χ1n) is 18.9. The van der Waals surface area contributed by atoms with Crippen LogP contribution in [0, 0.1) is 0 Å². The van der Waals surface area contributed by atoms with Crippen molar-refractivity contribution in [2.45, 2.75) is 5.41 Å². The molecule has 9 aromatic carbocycles. The second kappa shape index (κ2) is 12.5. The lowest BCUT2D eigenvalue weighted by Crippen LogP contribution is -2.32. The van der Waals surface area contributed by atoms with Gasteiger partial charge in [0.25, 0.3) is 0 Å². The third-order valence-corrected chi connectivity index (χ3v) is 11.5. The van der Waals surface area contributed by atoms with Crippen molar-refractivity contribution >= 4 is 27.8 Å². The van der Waals surface area contributed by atoms with E-state index in [9.17, 15) is 0 Å². The quantitative estimate of drug-likeness (QED) is 0.177. The molecule has 2 aliphatic rings. The Morgan fingerprint density at radius 1 is 0.345 bits per heavy atom. The molecule has 0 bridgehead atoms. The predicted octanol–water partition coefficient (Wildman–Crippen LogP) is 14.1. The van der Waals surface area contributed by atoms with E-state index in [-0.39, 0.29) is 0 Å². The minimum atomic E-state index is -0.522. The highest BCUT2D eigenvalue weighted by molar-refractivity contribution is 5.98. The summed E-state index contributed by atoms with van der Waals surface area (Å²) in [5, 5.41) is 2.43. The zero-order valence-electron chi connectivity index (χ0n) is 30.1. The average molecular weight is 702 g/mol. The summed E-state index contributed by atoms with van der Waals surface area (Å²) in [6.45, 7) is 0. The molecule has 1 aliphatic heterocycles. The standard InChI is InChI=1S/C53H35NO/c1-3-13-36(14-4-1)37-23-29-42(30-24-37)54(41-16-5-2-6-17-41)43-31-25-38(26-32-43)40-27-33-48-46(35-40)45-19-9-10-20-47(45)53(48)49-21-11-12-22-50(49)55-51-34-28-39-15-7-8-18-44(39)52(51)53/h1-35H. The molecule has 258 valence electrons. The highest BCUT2D eigenvalue weighted by atomic mass is 16.5. The lowest BCUT2D eigenvalue weighted by molar-refractivity contribution is 0.438. The fraction of sp³-hybridized carbons (Fsp3) is 0.0189. The zero-order chi connectivity index (χ0) is 36.3. The van der Waals surface area contributed by atoms with Crippen molar-refractivity contribution < 1.29 is 4.74 Å². The molecule has 11 rings (SSSR count). The summed E-state index contributed by atoms with van der Waals surface area (Å²) in [5.41, 5.74) is 15.1. The zero-order valence-corrected chi connectivity index (χ0v) is 30.1. The molecule has 2 nitrogen and oxygen atoms in total. The van der Waals surface area contributed by atoms with Crippen molar-refractivity contribution in [2.24, 2.45) is 0 Å². The van der Waals surface area contributed by atoms with Crippen molar-refractivity contribution in [3.05, 3.63) is 235 Å². The number of fused-ring (bicyclic) bond motifs is 11. The first-order chi connectivity index (χ1) is 27.3. The van der Waals surface area contributed by atoms with Gasteiger partial charge in [0.05, 0.1) is 5.41 Å². The molecule has 9 aromatic rings. The van der Waals surface area contributed by atoms with Gasteiger partial charge in [0, 0.05) is 28.2 Å². The maximum absolute atomic E-state index is 6.71. The SMILES string of the molecule is c1ccc(-c2ccc(N(c3ccccc3)c3ccc(-c4ccc5c(c4)-c4ccccc4C54c5ccccc5Oc5ccc6ccccc6c54)cc3)cc2)cc1. The largest absolute Gasteiger partial charge is 0.457 e. The number of para-hydroxylation sites is 2. The normalized spacial score (nSPS) is 14.8. The van der Waals surface area contributed by atoms with Crippen LogP contribution in [0.4, 0.5) is 17.1 Å². The van der Waals surface area contributed by atoms with Crippen LogP contribution in [0.1, 0.15) is 22.3 Å². The molecule has 1 unspecified atom stereocenters. The first-order valence-corrected chi connectivity index (χ1v) is 18.9. The van der Waals surface area contributed by atoms with Gasteiger partial charge in [-0.3, -0.25) is 0 Å². The third kappa shape index (κ3) is 4.82. The van der Waals surface area contributed by atoms with E-state index < -0.39 is 5.41 Å². The molecule has 0 saturated heterocycles. The van der Waals surface area contributed by atoms with Crippen LogP contribution in [0.5, 0.6) is 11.5 Å². The second-order valence-corrected chi connectivity index (χ2v) is 14.4. The molecule has 55 heavy (non-hydrogen) atoms. The lowest BCUT2D eigenvalue weighted by atomic mass is 9.65. The molecular weight excluding hydrogens is 667 g/mol. The maximum atomic E-state index is 6.71. The Labute approximate surface area is 321 Å². The fourth-order valence-electron chi connectivity index (χ4n) is 9.13. The Balaban J connectivity index is 1.04. The van der Waals surface area contributed by atoms with Crippen LogP contribution in [0.3, 0.4) is 0 Å². The lowest BCUT2D eigenvalue weighted by Gasteiger charge is -2.40. The Morgan fingerprint density at radius 2 is 0.891 bits per heavy atom. The molecular formula is C53H35NO. The minimum absolute atomic E-state index is 0.522. The van der Waals surface area contributed by atoms with Crippen LogP contribution in [0.15, 0.2) is 212 Å². The van der Waals surface area contributed by atoms with E-state index in [2.05, 4.69) is 217 Å². The van der Waals surface area contributed by atoms with Crippen molar-refractivity contribution in [1.82, 2.24) is 0 Å². The molecule has 0 amide bonds. The molecule has 1 heterocycles. The Bertz CT molecular complexity index is 2880. The number of ether oxygens (including phenoxy) is 1. The van der Waals surface area contributed by atoms with Gasteiger partial charge in [-0.15, -0.1) is 0 Å². The second-order valence-electron chi connectivity index (χ2n) is 14.4. The van der Waals surface area contributed by atoms with Crippen LogP contribution in [0.25, 0.3) is 44.2 Å². The number of anilines is 3. The van der Waals surface area contributed by atoms with Crippen LogP contribution in [0.2, 0.25) is 0 Å². The number of hydrogen-bond donors (Lipinski definition) is 0. The van der Waals surface area contributed by atoms with Gasteiger partial charge in [0.2, 0.25) is 0 Å². The Morgan fingerprint density at radius 3 is 1.65 bits per heavy atom. The van der Waals surface area contributed by atoms with E-state index in [1.807, 2.05) is 0 Å². The summed E-state index contributed by atoms with van der Waals surface area (Å²) in [4.78, 5) is 2.33. The molecule has 0 fully saturated rings. The Kier molecular flexibility index (Phi) is 7.11. The van der Waals surface area contributed by atoms with Gasteiger partial charge in [-0.2, -0.15) is 0 Å². The summed E-state index contributed by atoms with van der Waals surface area (Å²) in [7, 11) is 0. The predicted molar refractivity (Wildman–Crippen MR) is 227 cm³/mol. The molecule has 0 aromatic heterocycles. The van der Waals surface area contributed by atoms with E-state index >= 15 is 0 Å². The molecule has 0 N–H and O–H groups in total. The van der Waals surface area contributed by atoms with Crippen LogP contribution in [-0.2, 0) is 5.41 Å². The first kappa shape index (κ1) is 31.4. The van der Waals surface area contributed by atoms with Gasteiger partial charge >= 0.3 is 0 Å². The van der Waals surface area contributed by atoms with Gasteiger partial charge in [0.1, 0.15) is 11.5 Å². The van der Waals surface area contributed by atoms with Gasteiger partial charge in [-0.1, -0.05) is 158 Å². The Hall–Kier alpha value is -7.16. The number of benzene rings is 9. The maximum Gasteiger partial charge on any atom is 0.132 e. The van der Waals surface area contributed by atoms with Crippen LogP contribution < -0.4 is 9.64 Å². The highest BCUT2D eigenvalue weighted by Crippen LogP contribution is 2.63. The van der Waals surface area contributed by atoms with Crippen LogP contribution in [-0.4, -0.2) is 0 Å². The number of hydrogen-bond acceptors (Lipinski definition) is 2. The molecule has 1 spiro atoms. The van der Waals surface area contributed by atoms with Crippen LogP contribution >= 0.6 is 0 Å². The average Bonchev–Trinajstić information content (AvgIpc) is 3.54. The smallest absolute Gasteiger partial charge is 0.132 e. The third-order valence-electron chi connectivity index (χ3n) is 11.5. The monoisotopic (exact) mass is 701 g/mol. The molecule has 0 radical (unpaired) electrons. The molecule has 1 aliphatic carbocycles. The highest BCUT2D eigenvalue weighted by Gasteiger charge is 2.51. The van der Waals surface area contributed by atoms with Gasteiger partial charge in [-0.05, 0) is 110 Å². The van der Waals surface area contributed by atoms with Crippen molar-refractivity contribution in [3.8, 4) is 44.9 Å². The summed E-state index contributed by atoms with van der Waals surface area (Å²) in [6.07, 6.45) is 0. The van der Waals surface area contributed by atoms with Gasteiger partial charge < -0.3 is 9.64 Å². The van der Waals surface area contributed by atoms with Gasteiger partial charge in [0.15, 0.2) is 0 Å². The summed E-state index contributed by atoms with van der Waals surface area (Å²) >= 11 is 0. The van der Waals surface area contributed by atoms with E-state index in [4.69, 9.17) is 4.74 Å². The van der Waals surface area contributed by atoms with Gasteiger partial charge in [-0.25, -0.2) is 0 Å². The topological polar surface area (TPSA) is 12.5 Å².